The van der Waals surface area contributed by atoms with Crippen LogP contribution >= 0.6 is 24.0 Å². The lowest BCUT2D eigenvalue weighted by Crippen LogP contribution is -2.39. The van der Waals surface area contributed by atoms with Crippen molar-refractivity contribution in [1.29, 1.82) is 0 Å². The number of likely N-dealkylation sites (N-methyl/N-ethyl adjacent to an activating group) is 1. The quantitative estimate of drug-likeness (QED) is 0.232. The standard InChI is InChI=1S/C19H27N5O2.HI/c1-5-10-20-19(23-13-17(25)24(2)3)21-11-9-14-12-22-15-7-6-8-16(26-4)18(14)15;/h5-8,12,22H,1,9-11,13H2,2-4H3,(H2,20,21,23);1H. The van der Waals surface area contributed by atoms with E-state index in [1.807, 2.05) is 24.4 Å². The Labute approximate surface area is 177 Å². The van der Waals surface area contributed by atoms with Crippen LogP contribution in [0.5, 0.6) is 5.75 Å². The molecule has 0 aliphatic heterocycles. The van der Waals surface area contributed by atoms with Crippen molar-refractivity contribution in [3.05, 3.63) is 42.6 Å². The molecule has 0 aliphatic carbocycles. The number of benzene rings is 1. The Bertz CT molecular complexity index is 785. The van der Waals surface area contributed by atoms with Crippen LogP contribution in [-0.2, 0) is 11.2 Å². The molecule has 1 aromatic heterocycles. The van der Waals surface area contributed by atoms with Crippen molar-refractivity contribution in [2.75, 3.05) is 40.8 Å². The molecule has 27 heavy (non-hydrogen) atoms. The highest BCUT2D eigenvalue weighted by Gasteiger charge is 2.09. The topological polar surface area (TPSA) is 81.8 Å². The van der Waals surface area contributed by atoms with E-state index in [4.69, 9.17) is 4.74 Å². The molecule has 0 radical (unpaired) electrons. The molecule has 0 saturated heterocycles. The van der Waals surface area contributed by atoms with E-state index in [1.165, 1.54) is 4.90 Å². The number of aromatic amines is 1. The minimum absolute atomic E-state index is 0. The van der Waals surface area contributed by atoms with Crippen LogP contribution in [0.4, 0.5) is 0 Å². The summed E-state index contributed by atoms with van der Waals surface area (Å²) in [5.41, 5.74) is 2.21. The fourth-order valence-corrected chi connectivity index (χ4v) is 2.53. The predicted molar refractivity (Wildman–Crippen MR) is 121 cm³/mol. The Balaban J connectivity index is 0.00000364. The van der Waals surface area contributed by atoms with Gasteiger partial charge in [-0.2, -0.15) is 0 Å². The second-order valence-electron chi connectivity index (χ2n) is 6.00. The largest absolute Gasteiger partial charge is 0.496 e. The van der Waals surface area contributed by atoms with Gasteiger partial charge in [0, 0.05) is 44.3 Å². The molecule has 3 N–H and O–H groups in total. The molecule has 7 nitrogen and oxygen atoms in total. The molecule has 0 spiro atoms. The zero-order chi connectivity index (χ0) is 18.9. The van der Waals surface area contributed by atoms with Gasteiger partial charge >= 0.3 is 0 Å². The average Bonchev–Trinajstić information content (AvgIpc) is 3.06. The number of aromatic nitrogens is 1. The van der Waals surface area contributed by atoms with Gasteiger partial charge in [0.25, 0.3) is 0 Å². The number of nitrogens with zero attached hydrogens (tertiary/aromatic N) is 2. The second kappa shape index (κ2) is 11.5. The SMILES string of the molecule is C=CCNC(=NCC(=O)N(C)C)NCCc1c[nH]c2cccc(OC)c12.I. The van der Waals surface area contributed by atoms with Crippen LogP contribution in [0.25, 0.3) is 10.9 Å². The van der Waals surface area contributed by atoms with E-state index < -0.39 is 0 Å². The monoisotopic (exact) mass is 485 g/mol. The van der Waals surface area contributed by atoms with E-state index in [1.54, 1.807) is 27.3 Å². The Morgan fingerprint density at radius 3 is 2.81 bits per heavy atom. The zero-order valence-corrected chi connectivity index (χ0v) is 18.4. The van der Waals surface area contributed by atoms with Crippen LogP contribution in [0.1, 0.15) is 5.56 Å². The molecule has 0 aliphatic rings. The Morgan fingerprint density at radius 1 is 1.37 bits per heavy atom. The van der Waals surface area contributed by atoms with Gasteiger partial charge in [-0.25, -0.2) is 4.99 Å². The first kappa shape index (κ1) is 22.8. The maximum absolute atomic E-state index is 11.7. The summed E-state index contributed by atoms with van der Waals surface area (Å²) in [4.78, 5) is 20.8. The van der Waals surface area contributed by atoms with Crippen molar-refractivity contribution in [2.24, 2.45) is 4.99 Å². The maximum Gasteiger partial charge on any atom is 0.243 e. The Morgan fingerprint density at radius 2 is 2.15 bits per heavy atom. The van der Waals surface area contributed by atoms with Crippen molar-refractivity contribution in [2.45, 2.75) is 6.42 Å². The molecule has 0 fully saturated rings. The lowest BCUT2D eigenvalue weighted by Gasteiger charge is -2.13. The van der Waals surface area contributed by atoms with Crippen LogP contribution in [0.2, 0.25) is 0 Å². The van der Waals surface area contributed by atoms with Gasteiger partial charge < -0.3 is 25.3 Å². The number of H-pyrrole nitrogens is 1. The highest BCUT2D eigenvalue weighted by molar-refractivity contribution is 14.0. The van der Waals surface area contributed by atoms with Crippen molar-refractivity contribution in [1.82, 2.24) is 20.5 Å². The number of guanidine groups is 1. The van der Waals surface area contributed by atoms with Crippen molar-refractivity contribution < 1.29 is 9.53 Å². The third kappa shape index (κ3) is 6.46. The second-order valence-corrected chi connectivity index (χ2v) is 6.00. The molecule has 8 heteroatoms. The number of carbonyl (C=O) groups excluding carboxylic acids is 1. The van der Waals surface area contributed by atoms with Gasteiger partial charge in [0.15, 0.2) is 5.96 Å². The third-order valence-electron chi connectivity index (χ3n) is 3.94. The summed E-state index contributed by atoms with van der Waals surface area (Å²) in [5, 5.41) is 7.47. The number of nitrogens with one attached hydrogen (secondary N) is 3. The smallest absolute Gasteiger partial charge is 0.243 e. The number of hydrogen-bond acceptors (Lipinski definition) is 3. The van der Waals surface area contributed by atoms with E-state index >= 15 is 0 Å². The van der Waals surface area contributed by atoms with Crippen LogP contribution in [-0.4, -0.2) is 62.6 Å². The summed E-state index contributed by atoms with van der Waals surface area (Å²) in [6.45, 7) is 5.03. The van der Waals surface area contributed by atoms with E-state index in [2.05, 4.69) is 27.2 Å². The number of ether oxygens (including phenoxy) is 1. The van der Waals surface area contributed by atoms with Crippen molar-refractivity contribution in [3.63, 3.8) is 0 Å². The van der Waals surface area contributed by atoms with Crippen molar-refractivity contribution >= 4 is 46.7 Å². The molecular weight excluding hydrogens is 457 g/mol. The molecule has 0 bridgehead atoms. The first-order chi connectivity index (χ1) is 12.6. The number of hydrogen-bond donors (Lipinski definition) is 3. The Hall–Kier alpha value is -2.23. The lowest BCUT2D eigenvalue weighted by molar-refractivity contribution is -0.127. The van der Waals surface area contributed by atoms with Crippen molar-refractivity contribution in [3.8, 4) is 5.75 Å². The van der Waals surface area contributed by atoms with Gasteiger partial charge in [0.05, 0.1) is 7.11 Å². The summed E-state index contributed by atoms with van der Waals surface area (Å²) >= 11 is 0. The van der Waals surface area contributed by atoms with Crippen LogP contribution in [0.3, 0.4) is 0 Å². The van der Waals surface area contributed by atoms with Gasteiger partial charge in [-0.1, -0.05) is 12.1 Å². The number of methoxy groups -OCH3 is 1. The summed E-state index contributed by atoms with van der Waals surface area (Å²) in [5.74, 6) is 1.40. The minimum atomic E-state index is -0.0499. The molecule has 0 unspecified atom stereocenters. The maximum atomic E-state index is 11.7. The fourth-order valence-electron chi connectivity index (χ4n) is 2.53. The highest BCUT2D eigenvalue weighted by Crippen LogP contribution is 2.28. The molecule has 0 saturated carbocycles. The van der Waals surface area contributed by atoms with Crippen LogP contribution < -0.4 is 15.4 Å². The average molecular weight is 485 g/mol. The molecule has 1 amide bonds. The summed E-state index contributed by atoms with van der Waals surface area (Å²) in [6.07, 6.45) is 4.53. The number of amides is 1. The molecule has 1 heterocycles. The number of halogens is 1. The predicted octanol–water partition coefficient (Wildman–Crippen LogP) is 2.15. The zero-order valence-electron chi connectivity index (χ0n) is 16.0. The number of carbonyl (C=O) groups is 1. The molecular formula is C19H28IN5O2. The van der Waals surface area contributed by atoms with E-state index in [0.29, 0.717) is 19.0 Å². The Kier molecular flexibility index (Phi) is 9.70. The number of rotatable bonds is 8. The normalized spacial score (nSPS) is 10.9. The van der Waals surface area contributed by atoms with Gasteiger partial charge in [-0.05, 0) is 24.1 Å². The summed E-state index contributed by atoms with van der Waals surface area (Å²) < 4.78 is 5.46. The minimum Gasteiger partial charge on any atom is -0.496 e. The van der Waals surface area contributed by atoms with Gasteiger partial charge in [0.2, 0.25) is 5.91 Å². The van der Waals surface area contributed by atoms with E-state index in [0.717, 1.165) is 28.6 Å². The lowest BCUT2D eigenvalue weighted by atomic mass is 10.1. The van der Waals surface area contributed by atoms with E-state index in [-0.39, 0.29) is 36.4 Å². The number of fused-ring (bicyclic) bond motifs is 1. The summed E-state index contributed by atoms with van der Waals surface area (Å²) in [7, 11) is 5.11. The molecule has 0 atom stereocenters. The van der Waals surface area contributed by atoms with E-state index in [9.17, 15) is 4.79 Å². The third-order valence-corrected chi connectivity index (χ3v) is 3.94. The first-order valence-corrected chi connectivity index (χ1v) is 8.53. The first-order valence-electron chi connectivity index (χ1n) is 8.53. The van der Waals surface area contributed by atoms with Gasteiger partial charge in [-0.15, -0.1) is 30.6 Å². The number of aliphatic imine (C=N–C) groups is 1. The highest BCUT2D eigenvalue weighted by atomic mass is 127. The molecule has 2 aromatic rings. The van der Waals surface area contributed by atoms with Crippen LogP contribution in [0, 0.1) is 0 Å². The molecule has 2 rings (SSSR count). The van der Waals surface area contributed by atoms with Gasteiger partial charge in [0.1, 0.15) is 12.3 Å². The fraction of sp³-hybridized carbons (Fsp3) is 0.368. The van der Waals surface area contributed by atoms with Crippen LogP contribution in [0.15, 0.2) is 42.0 Å². The summed E-state index contributed by atoms with van der Waals surface area (Å²) in [6, 6.07) is 5.95. The van der Waals surface area contributed by atoms with Gasteiger partial charge in [-0.3, -0.25) is 4.79 Å². The molecule has 148 valence electrons. The molecule has 1 aromatic carbocycles.